The van der Waals surface area contributed by atoms with Gasteiger partial charge in [-0.05, 0) is 38.6 Å². The van der Waals surface area contributed by atoms with E-state index in [9.17, 15) is 4.79 Å². The number of hydrogen-bond acceptors (Lipinski definition) is 4. The third-order valence-electron chi connectivity index (χ3n) is 5.37. The van der Waals surface area contributed by atoms with Gasteiger partial charge in [0, 0.05) is 32.8 Å². The van der Waals surface area contributed by atoms with E-state index in [-0.39, 0.29) is 12.1 Å². The molecule has 1 aliphatic carbocycles. The molecule has 24 heavy (non-hydrogen) atoms. The highest BCUT2D eigenvalue weighted by molar-refractivity contribution is 5.74. The van der Waals surface area contributed by atoms with Crippen molar-refractivity contribution in [2.75, 3.05) is 39.3 Å². The van der Waals surface area contributed by atoms with Crippen LogP contribution in [-0.4, -0.2) is 68.6 Å². The summed E-state index contributed by atoms with van der Waals surface area (Å²) in [5, 5.41) is 6.37. The molecule has 6 heteroatoms. The van der Waals surface area contributed by atoms with Crippen LogP contribution in [0.15, 0.2) is 0 Å². The largest absolute Gasteiger partial charge is 0.375 e. The third kappa shape index (κ3) is 5.60. The van der Waals surface area contributed by atoms with Crippen molar-refractivity contribution in [1.82, 2.24) is 15.5 Å². The number of ether oxygens (including phenoxy) is 2. The summed E-state index contributed by atoms with van der Waals surface area (Å²) in [7, 11) is 0. The van der Waals surface area contributed by atoms with Crippen molar-refractivity contribution in [2.45, 2.75) is 69.7 Å². The minimum atomic E-state index is 0.0407. The van der Waals surface area contributed by atoms with Crippen LogP contribution >= 0.6 is 0 Å². The Morgan fingerprint density at radius 3 is 2.62 bits per heavy atom. The van der Waals surface area contributed by atoms with E-state index in [1.54, 1.807) is 0 Å². The summed E-state index contributed by atoms with van der Waals surface area (Å²) in [6.07, 6.45) is 10.3. The molecular formula is C18H33N3O3. The molecule has 0 bridgehead atoms. The predicted octanol–water partition coefficient (Wildman–Crippen LogP) is 1.89. The Morgan fingerprint density at radius 2 is 1.83 bits per heavy atom. The summed E-state index contributed by atoms with van der Waals surface area (Å²) in [5.74, 6) is 0. The van der Waals surface area contributed by atoms with Crippen LogP contribution < -0.4 is 10.6 Å². The zero-order valence-electron chi connectivity index (χ0n) is 14.8. The summed E-state index contributed by atoms with van der Waals surface area (Å²) < 4.78 is 12.0. The first-order chi connectivity index (χ1) is 11.8. The summed E-state index contributed by atoms with van der Waals surface area (Å²) in [6, 6.07) is 0.0407. The standard InChI is InChI=1S/C18H33N3O3/c22-18(20-14-17-13-19-9-4-12-23-17)21-10-7-16(8-11-21)24-15-5-2-1-3-6-15/h15-17,19H,1-14H2,(H,20,22). The lowest BCUT2D eigenvalue weighted by atomic mass is 9.97. The van der Waals surface area contributed by atoms with Gasteiger partial charge in [0.2, 0.25) is 0 Å². The molecule has 3 rings (SSSR count). The van der Waals surface area contributed by atoms with Gasteiger partial charge in [0.25, 0.3) is 0 Å². The second kappa shape index (κ2) is 9.59. The molecular weight excluding hydrogens is 306 g/mol. The molecule has 0 aromatic carbocycles. The van der Waals surface area contributed by atoms with Crippen molar-refractivity contribution in [2.24, 2.45) is 0 Å². The zero-order valence-corrected chi connectivity index (χ0v) is 14.8. The number of hydrogen-bond donors (Lipinski definition) is 2. The molecule has 1 atom stereocenters. The van der Waals surface area contributed by atoms with Crippen molar-refractivity contribution < 1.29 is 14.3 Å². The van der Waals surface area contributed by atoms with Crippen LogP contribution in [0.3, 0.4) is 0 Å². The summed E-state index contributed by atoms with van der Waals surface area (Å²) in [5.41, 5.74) is 0. The summed E-state index contributed by atoms with van der Waals surface area (Å²) in [4.78, 5) is 14.2. The molecule has 0 radical (unpaired) electrons. The van der Waals surface area contributed by atoms with E-state index in [2.05, 4.69) is 10.6 Å². The van der Waals surface area contributed by atoms with Gasteiger partial charge in [0.15, 0.2) is 0 Å². The molecule has 0 spiro atoms. The lowest BCUT2D eigenvalue weighted by Gasteiger charge is -2.35. The monoisotopic (exact) mass is 339 g/mol. The number of nitrogens with one attached hydrogen (secondary N) is 2. The van der Waals surface area contributed by atoms with Crippen LogP contribution in [-0.2, 0) is 9.47 Å². The van der Waals surface area contributed by atoms with Crippen molar-refractivity contribution >= 4 is 6.03 Å². The second-order valence-corrected chi connectivity index (χ2v) is 7.32. The Labute approximate surface area is 145 Å². The first kappa shape index (κ1) is 18.0. The molecule has 1 saturated carbocycles. The molecule has 6 nitrogen and oxygen atoms in total. The molecule has 0 aromatic rings. The average molecular weight is 339 g/mol. The molecule has 1 unspecified atom stereocenters. The summed E-state index contributed by atoms with van der Waals surface area (Å²) >= 11 is 0. The first-order valence-electron chi connectivity index (χ1n) is 9.82. The van der Waals surface area contributed by atoms with Gasteiger partial charge in [0.05, 0.1) is 18.3 Å². The predicted molar refractivity (Wildman–Crippen MR) is 93.2 cm³/mol. The number of amides is 2. The van der Waals surface area contributed by atoms with Crippen LogP contribution in [0.5, 0.6) is 0 Å². The first-order valence-corrected chi connectivity index (χ1v) is 9.82. The van der Waals surface area contributed by atoms with Crippen molar-refractivity contribution in [3.8, 4) is 0 Å². The van der Waals surface area contributed by atoms with Crippen LogP contribution in [0.4, 0.5) is 4.79 Å². The fraction of sp³-hybridized carbons (Fsp3) is 0.944. The molecule has 2 amide bonds. The highest BCUT2D eigenvalue weighted by Gasteiger charge is 2.26. The van der Waals surface area contributed by atoms with E-state index in [0.717, 1.165) is 52.0 Å². The lowest BCUT2D eigenvalue weighted by Crippen LogP contribution is -2.49. The maximum absolute atomic E-state index is 12.3. The molecule has 3 aliphatic rings. The molecule has 0 aromatic heterocycles. The number of likely N-dealkylation sites (tertiary alicyclic amines) is 1. The van der Waals surface area contributed by atoms with Gasteiger partial charge in [-0.15, -0.1) is 0 Å². The van der Waals surface area contributed by atoms with Crippen LogP contribution in [0.2, 0.25) is 0 Å². The van der Waals surface area contributed by atoms with Crippen molar-refractivity contribution in [1.29, 1.82) is 0 Å². The smallest absolute Gasteiger partial charge is 0.317 e. The van der Waals surface area contributed by atoms with E-state index in [4.69, 9.17) is 9.47 Å². The van der Waals surface area contributed by atoms with Crippen LogP contribution in [0, 0.1) is 0 Å². The Balaban J connectivity index is 1.32. The Bertz CT molecular complexity index is 372. The van der Waals surface area contributed by atoms with Gasteiger partial charge in [-0.25, -0.2) is 4.79 Å². The molecule has 138 valence electrons. The molecule has 2 saturated heterocycles. The highest BCUT2D eigenvalue weighted by atomic mass is 16.5. The number of carbonyl (C=O) groups is 1. The second-order valence-electron chi connectivity index (χ2n) is 7.32. The Kier molecular flexibility index (Phi) is 7.17. The summed E-state index contributed by atoms with van der Waals surface area (Å²) in [6.45, 7) is 4.78. The average Bonchev–Trinajstić information content (AvgIpc) is 2.90. The van der Waals surface area contributed by atoms with Crippen molar-refractivity contribution in [3.05, 3.63) is 0 Å². The minimum Gasteiger partial charge on any atom is -0.375 e. The normalized spacial score (nSPS) is 27.7. The van der Waals surface area contributed by atoms with Gasteiger partial charge in [-0.1, -0.05) is 19.3 Å². The number of carbonyl (C=O) groups excluding carboxylic acids is 1. The van der Waals surface area contributed by atoms with Crippen LogP contribution in [0.1, 0.15) is 51.4 Å². The van der Waals surface area contributed by atoms with Crippen LogP contribution in [0.25, 0.3) is 0 Å². The molecule has 2 heterocycles. The third-order valence-corrected chi connectivity index (χ3v) is 5.37. The zero-order chi connectivity index (χ0) is 16.6. The van der Waals surface area contributed by atoms with Crippen molar-refractivity contribution in [3.63, 3.8) is 0 Å². The van der Waals surface area contributed by atoms with Gasteiger partial charge < -0.3 is 25.0 Å². The van der Waals surface area contributed by atoms with E-state index >= 15 is 0 Å². The Hall–Kier alpha value is -0.850. The van der Waals surface area contributed by atoms with Gasteiger partial charge >= 0.3 is 6.03 Å². The maximum atomic E-state index is 12.3. The van der Waals surface area contributed by atoms with E-state index in [1.165, 1.54) is 32.1 Å². The highest BCUT2D eigenvalue weighted by Crippen LogP contribution is 2.24. The number of nitrogens with zero attached hydrogens (tertiary/aromatic N) is 1. The van der Waals surface area contributed by atoms with E-state index in [0.29, 0.717) is 18.8 Å². The van der Waals surface area contributed by atoms with Gasteiger partial charge in [-0.2, -0.15) is 0 Å². The minimum absolute atomic E-state index is 0.0407. The number of rotatable bonds is 4. The van der Waals surface area contributed by atoms with E-state index in [1.807, 2.05) is 4.90 Å². The molecule has 2 N–H and O–H groups in total. The van der Waals surface area contributed by atoms with E-state index < -0.39 is 0 Å². The Morgan fingerprint density at radius 1 is 1.08 bits per heavy atom. The SMILES string of the molecule is O=C(NCC1CNCCCO1)N1CCC(OC2CCCCC2)CC1. The number of piperidine rings is 1. The van der Waals surface area contributed by atoms with Gasteiger partial charge in [0.1, 0.15) is 0 Å². The maximum Gasteiger partial charge on any atom is 0.317 e. The topological polar surface area (TPSA) is 62.8 Å². The lowest BCUT2D eigenvalue weighted by molar-refractivity contribution is -0.0515. The quantitative estimate of drug-likeness (QED) is 0.821. The number of urea groups is 1. The fourth-order valence-electron chi connectivity index (χ4n) is 3.88. The molecule has 2 aliphatic heterocycles. The molecule has 3 fully saturated rings. The fourth-order valence-corrected chi connectivity index (χ4v) is 3.88. The van der Waals surface area contributed by atoms with Gasteiger partial charge in [-0.3, -0.25) is 0 Å².